The number of hydrogen-bond acceptors (Lipinski definition) is 4. The van der Waals surface area contributed by atoms with E-state index >= 15 is 0 Å². The van der Waals surface area contributed by atoms with Crippen LogP contribution >= 0.6 is 11.6 Å². The Bertz CT molecular complexity index is 1540. The van der Waals surface area contributed by atoms with Crippen LogP contribution in [-0.2, 0) is 6.61 Å². The second kappa shape index (κ2) is 10.9. The Morgan fingerprint density at radius 1 is 0.868 bits per heavy atom. The first-order valence-electron chi connectivity index (χ1n) is 13.2. The van der Waals surface area contributed by atoms with E-state index in [9.17, 15) is 0 Å². The Morgan fingerprint density at radius 3 is 2.37 bits per heavy atom. The molecule has 0 amide bonds. The number of pyridine rings is 1. The zero-order chi connectivity index (χ0) is 25.9. The molecule has 6 heteroatoms. The van der Waals surface area contributed by atoms with Gasteiger partial charge < -0.3 is 14.0 Å². The van der Waals surface area contributed by atoms with E-state index in [4.69, 9.17) is 31.0 Å². The molecule has 5 nitrogen and oxygen atoms in total. The van der Waals surface area contributed by atoms with E-state index in [1.807, 2.05) is 60.8 Å². The third-order valence-electron chi connectivity index (χ3n) is 7.36. The molecular weight excluding hydrogens is 494 g/mol. The summed E-state index contributed by atoms with van der Waals surface area (Å²) in [5.74, 6) is 2.58. The maximum absolute atomic E-state index is 6.25. The highest BCUT2D eigenvalue weighted by atomic mass is 35.5. The lowest BCUT2D eigenvalue weighted by Crippen LogP contribution is -2.14. The maximum Gasteiger partial charge on any atom is 0.160 e. The molecule has 6 rings (SSSR count). The van der Waals surface area contributed by atoms with E-state index in [0.717, 1.165) is 50.7 Å². The Hall–Kier alpha value is -3.83. The number of benzene rings is 3. The van der Waals surface area contributed by atoms with Gasteiger partial charge in [0.1, 0.15) is 29.4 Å². The van der Waals surface area contributed by atoms with E-state index in [1.165, 1.54) is 32.1 Å². The van der Waals surface area contributed by atoms with Gasteiger partial charge in [0, 0.05) is 28.4 Å². The molecule has 1 fully saturated rings. The molecule has 0 spiro atoms. The second-order valence-electron chi connectivity index (χ2n) is 9.79. The molecule has 5 aromatic rings. The normalized spacial score (nSPS) is 14.1. The smallest absolute Gasteiger partial charge is 0.160 e. The van der Waals surface area contributed by atoms with Gasteiger partial charge in [-0.05, 0) is 84.6 Å². The molecule has 2 aromatic heterocycles. The highest BCUT2D eigenvalue weighted by molar-refractivity contribution is 6.30. The van der Waals surface area contributed by atoms with Gasteiger partial charge in [0.2, 0.25) is 0 Å². The first-order chi connectivity index (χ1) is 18.7. The summed E-state index contributed by atoms with van der Waals surface area (Å²) in [7, 11) is 1.68. The van der Waals surface area contributed by atoms with Crippen LogP contribution in [0.2, 0.25) is 5.02 Å². The minimum atomic E-state index is 0.416. The Labute approximate surface area is 228 Å². The number of methoxy groups -OCH3 is 1. The minimum absolute atomic E-state index is 0.416. The highest BCUT2D eigenvalue weighted by Crippen LogP contribution is 2.36. The summed E-state index contributed by atoms with van der Waals surface area (Å²) < 4.78 is 14.1. The quantitative estimate of drug-likeness (QED) is 0.214. The van der Waals surface area contributed by atoms with Crippen molar-refractivity contribution in [3.8, 4) is 34.0 Å². The van der Waals surface area contributed by atoms with E-state index in [-0.39, 0.29) is 0 Å². The van der Waals surface area contributed by atoms with Crippen molar-refractivity contribution in [2.75, 3.05) is 7.11 Å². The predicted molar refractivity (Wildman–Crippen MR) is 153 cm³/mol. The molecule has 0 bridgehead atoms. The molecule has 1 aliphatic rings. The Kier molecular flexibility index (Phi) is 7.02. The first-order valence-corrected chi connectivity index (χ1v) is 13.6. The van der Waals surface area contributed by atoms with E-state index in [0.29, 0.717) is 17.7 Å². The maximum atomic E-state index is 6.25. The number of fused-ring (bicyclic) bond motifs is 1. The molecule has 0 aliphatic heterocycles. The number of nitrogens with zero attached hydrogens (tertiary/aromatic N) is 3. The summed E-state index contributed by atoms with van der Waals surface area (Å²) in [6, 6.07) is 26.6. The van der Waals surface area contributed by atoms with E-state index < -0.39 is 0 Å². The molecule has 0 unspecified atom stereocenters. The monoisotopic (exact) mass is 523 g/mol. The van der Waals surface area contributed by atoms with Crippen LogP contribution in [0, 0.1) is 0 Å². The predicted octanol–water partition coefficient (Wildman–Crippen LogP) is 8.51. The van der Waals surface area contributed by atoms with Gasteiger partial charge in [-0.3, -0.25) is 0 Å². The SMILES string of the molecule is COc1ccc(-c2ccc(Cl)cc2)c(COc2ccc(-c3nc4cccnc4n3C3CCCCC3)cc2)c1. The van der Waals surface area contributed by atoms with Crippen molar-refractivity contribution in [2.24, 2.45) is 0 Å². The van der Waals surface area contributed by atoms with Crippen molar-refractivity contribution in [1.29, 1.82) is 0 Å². The molecule has 0 N–H and O–H groups in total. The van der Waals surface area contributed by atoms with Gasteiger partial charge in [0.05, 0.1) is 7.11 Å². The number of hydrogen-bond donors (Lipinski definition) is 0. The first kappa shape index (κ1) is 24.5. The van der Waals surface area contributed by atoms with Crippen molar-refractivity contribution in [1.82, 2.24) is 14.5 Å². The number of halogens is 1. The van der Waals surface area contributed by atoms with Crippen molar-refractivity contribution < 1.29 is 9.47 Å². The Morgan fingerprint density at radius 2 is 1.61 bits per heavy atom. The van der Waals surface area contributed by atoms with Gasteiger partial charge >= 0.3 is 0 Å². The van der Waals surface area contributed by atoms with Crippen LogP contribution in [0.5, 0.6) is 11.5 Å². The molecule has 2 heterocycles. The molecule has 3 aromatic carbocycles. The highest BCUT2D eigenvalue weighted by Gasteiger charge is 2.23. The molecule has 0 radical (unpaired) electrons. The number of aromatic nitrogens is 3. The summed E-state index contributed by atoms with van der Waals surface area (Å²) in [4.78, 5) is 9.68. The Balaban J connectivity index is 1.26. The van der Waals surface area contributed by atoms with Crippen LogP contribution in [0.4, 0.5) is 0 Å². The third kappa shape index (κ3) is 4.99. The largest absolute Gasteiger partial charge is 0.497 e. The topological polar surface area (TPSA) is 49.2 Å². The van der Waals surface area contributed by atoms with Crippen LogP contribution < -0.4 is 9.47 Å². The molecule has 1 aliphatic carbocycles. The van der Waals surface area contributed by atoms with Crippen LogP contribution in [0.3, 0.4) is 0 Å². The number of imidazole rings is 1. The fourth-order valence-corrected chi connectivity index (χ4v) is 5.53. The molecule has 192 valence electrons. The van der Waals surface area contributed by atoms with Crippen molar-refractivity contribution in [3.05, 3.63) is 95.6 Å². The summed E-state index contributed by atoms with van der Waals surface area (Å²) in [6.07, 6.45) is 8.03. The molecule has 0 saturated heterocycles. The van der Waals surface area contributed by atoms with E-state index in [2.05, 4.69) is 28.8 Å². The summed E-state index contributed by atoms with van der Waals surface area (Å²) in [5, 5.41) is 0.716. The number of ether oxygens (including phenoxy) is 2. The van der Waals surface area contributed by atoms with Crippen molar-refractivity contribution in [2.45, 2.75) is 44.8 Å². The van der Waals surface area contributed by atoms with Gasteiger partial charge in [-0.1, -0.05) is 49.1 Å². The lowest BCUT2D eigenvalue weighted by atomic mass is 9.95. The van der Waals surface area contributed by atoms with Crippen LogP contribution in [0.15, 0.2) is 85.1 Å². The van der Waals surface area contributed by atoms with Crippen molar-refractivity contribution in [3.63, 3.8) is 0 Å². The molecule has 38 heavy (non-hydrogen) atoms. The summed E-state index contributed by atoms with van der Waals surface area (Å²) in [5.41, 5.74) is 6.21. The zero-order valence-electron chi connectivity index (χ0n) is 21.4. The van der Waals surface area contributed by atoms with Gasteiger partial charge in [-0.2, -0.15) is 0 Å². The average Bonchev–Trinajstić information content (AvgIpc) is 3.37. The standard InChI is InChI=1S/C32H30ClN3O2/c1-37-28-17-18-29(22-9-13-25(33)14-10-22)24(20-28)21-38-27-15-11-23(12-16-27)31-35-30-8-5-19-34-32(30)36(31)26-6-3-2-4-7-26/h5,8-20,26H,2-4,6-7,21H2,1H3. The summed E-state index contributed by atoms with van der Waals surface area (Å²) >= 11 is 6.11. The fraction of sp³-hybridized carbons (Fsp3) is 0.250. The average molecular weight is 524 g/mol. The molecule has 1 saturated carbocycles. The van der Waals surface area contributed by atoms with Crippen LogP contribution in [-0.4, -0.2) is 21.6 Å². The van der Waals surface area contributed by atoms with Crippen molar-refractivity contribution >= 4 is 22.8 Å². The minimum Gasteiger partial charge on any atom is -0.497 e. The van der Waals surface area contributed by atoms with Crippen LogP contribution in [0.25, 0.3) is 33.7 Å². The van der Waals surface area contributed by atoms with Gasteiger partial charge in [-0.15, -0.1) is 0 Å². The number of rotatable bonds is 7. The lowest BCUT2D eigenvalue weighted by molar-refractivity contribution is 0.306. The molecular formula is C32H30ClN3O2. The van der Waals surface area contributed by atoms with E-state index in [1.54, 1.807) is 7.11 Å². The molecule has 0 atom stereocenters. The second-order valence-corrected chi connectivity index (χ2v) is 10.2. The summed E-state index contributed by atoms with van der Waals surface area (Å²) in [6.45, 7) is 0.416. The zero-order valence-corrected chi connectivity index (χ0v) is 22.2. The third-order valence-corrected chi connectivity index (χ3v) is 7.62. The van der Waals surface area contributed by atoms with Gasteiger partial charge in [0.15, 0.2) is 5.65 Å². The van der Waals surface area contributed by atoms with Crippen LogP contribution in [0.1, 0.15) is 43.7 Å². The van der Waals surface area contributed by atoms with Gasteiger partial charge in [-0.25, -0.2) is 9.97 Å². The van der Waals surface area contributed by atoms with Gasteiger partial charge in [0.25, 0.3) is 0 Å². The fourth-order valence-electron chi connectivity index (χ4n) is 5.41. The lowest BCUT2D eigenvalue weighted by Gasteiger charge is -2.25.